The molecule has 0 aromatic heterocycles. The molecule has 2 aromatic rings. The number of nitrogens with one attached hydrogen (secondary N) is 1. The predicted octanol–water partition coefficient (Wildman–Crippen LogP) is 3.34. The molecular weight excluding hydrogens is 404 g/mol. The van der Waals surface area contributed by atoms with Crippen LogP contribution in [0.4, 0.5) is 5.69 Å². The number of hydrogen-bond acceptors (Lipinski definition) is 5. The zero-order valence-electron chi connectivity index (χ0n) is 18.1. The fourth-order valence-corrected chi connectivity index (χ4v) is 4.27. The van der Waals surface area contributed by atoms with E-state index in [2.05, 4.69) is 5.32 Å². The van der Waals surface area contributed by atoms with Gasteiger partial charge in [0, 0.05) is 6.54 Å². The van der Waals surface area contributed by atoms with E-state index in [4.69, 9.17) is 9.47 Å². The molecule has 0 bridgehead atoms. The smallest absolute Gasteiger partial charge is 0.244 e. The van der Waals surface area contributed by atoms with Crippen LogP contribution in [-0.2, 0) is 21.4 Å². The lowest BCUT2D eigenvalue weighted by Crippen LogP contribution is -2.49. The van der Waals surface area contributed by atoms with E-state index >= 15 is 0 Å². The fourth-order valence-electron chi connectivity index (χ4n) is 3.05. The summed E-state index contributed by atoms with van der Waals surface area (Å²) in [5.41, 5.74) is 1.31. The van der Waals surface area contributed by atoms with Gasteiger partial charge in [0.2, 0.25) is 15.9 Å². The van der Waals surface area contributed by atoms with Gasteiger partial charge in [0.1, 0.15) is 17.5 Å². The van der Waals surface area contributed by atoms with Crippen LogP contribution >= 0.6 is 0 Å². The van der Waals surface area contributed by atoms with E-state index in [9.17, 15) is 13.2 Å². The van der Waals surface area contributed by atoms with Gasteiger partial charge in [-0.2, -0.15) is 0 Å². The van der Waals surface area contributed by atoms with Gasteiger partial charge in [-0.05, 0) is 62.2 Å². The SMILES string of the molecule is CCC(C(=O)NCc1ccc(OC(C)C)cc1)N(c1ccc(OC)cc1)S(C)(=O)=O. The average Bonchev–Trinajstić information content (AvgIpc) is 2.70. The number of hydrogen-bond donors (Lipinski definition) is 1. The maximum atomic E-state index is 12.9. The summed E-state index contributed by atoms with van der Waals surface area (Å²) >= 11 is 0. The van der Waals surface area contributed by atoms with Crippen LogP contribution in [0.3, 0.4) is 0 Å². The molecular formula is C22H30N2O5S. The zero-order chi connectivity index (χ0) is 22.3. The third-order valence-electron chi connectivity index (χ3n) is 4.42. The number of ether oxygens (including phenoxy) is 2. The quantitative estimate of drug-likeness (QED) is 0.620. The lowest BCUT2D eigenvalue weighted by atomic mass is 10.1. The first-order valence-electron chi connectivity index (χ1n) is 9.82. The molecule has 0 fully saturated rings. The molecule has 8 heteroatoms. The molecule has 0 aliphatic carbocycles. The topological polar surface area (TPSA) is 84.9 Å². The number of amides is 1. The summed E-state index contributed by atoms with van der Waals surface area (Å²) in [6, 6.07) is 13.2. The van der Waals surface area contributed by atoms with Crippen LogP contribution in [0, 0.1) is 0 Å². The Morgan fingerprint density at radius 1 is 1.03 bits per heavy atom. The van der Waals surface area contributed by atoms with Crippen LogP contribution in [0.1, 0.15) is 32.8 Å². The van der Waals surface area contributed by atoms with Gasteiger partial charge >= 0.3 is 0 Å². The molecule has 0 saturated carbocycles. The molecule has 1 amide bonds. The Morgan fingerprint density at radius 3 is 2.07 bits per heavy atom. The molecule has 30 heavy (non-hydrogen) atoms. The second-order valence-electron chi connectivity index (χ2n) is 7.21. The second-order valence-corrected chi connectivity index (χ2v) is 9.07. The molecule has 0 aliphatic rings. The van der Waals surface area contributed by atoms with Gasteiger partial charge < -0.3 is 14.8 Å². The Bertz CT molecular complexity index is 925. The number of carbonyl (C=O) groups excluding carboxylic acids is 1. The minimum Gasteiger partial charge on any atom is -0.497 e. The maximum Gasteiger partial charge on any atom is 0.244 e. The molecule has 0 radical (unpaired) electrons. The number of rotatable bonds is 10. The molecule has 1 atom stereocenters. The number of sulfonamides is 1. The van der Waals surface area contributed by atoms with Crippen LogP contribution in [0.5, 0.6) is 11.5 Å². The third kappa shape index (κ3) is 6.38. The van der Waals surface area contributed by atoms with Gasteiger partial charge in [0.05, 0.1) is 25.2 Å². The Hall–Kier alpha value is -2.74. The monoisotopic (exact) mass is 434 g/mol. The summed E-state index contributed by atoms with van der Waals surface area (Å²) in [6.45, 7) is 5.98. The lowest BCUT2D eigenvalue weighted by Gasteiger charge is -2.30. The summed E-state index contributed by atoms with van der Waals surface area (Å²) in [5, 5.41) is 2.84. The van der Waals surface area contributed by atoms with E-state index in [1.54, 1.807) is 31.2 Å². The fraction of sp³-hybridized carbons (Fsp3) is 0.409. The minimum atomic E-state index is -3.68. The first-order chi connectivity index (χ1) is 14.2. The Kier molecular flexibility index (Phi) is 8.11. The van der Waals surface area contributed by atoms with E-state index in [0.717, 1.165) is 21.9 Å². The van der Waals surface area contributed by atoms with Gasteiger partial charge in [0.25, 0.3) is 0 Å². The highest BCUT2D eigenvalue weighted by molar-refractivity contribution is 7.92. The maximum absolute atomic E-state index is 12.9. The van der Waals surface area contributed by atoms with Gasteiger partial charge in [-0.3, -0.25) is 9.10 Å². The molecule has 2 rings (SSSR count). The normalized spacial score (nSPS) is 12.3. The molecule has 0 aliphatic heterocycles. The molecule has 164 valence electrons. The standard InChI is InChI=1S/C22H30N2O5S/c1-6-21(24(30(5,26)27)18-9-13-19(28-4)14-10-18)22(25)23-15-17-7-11-20(12-8-17)29-16(2)3/h7-14,16,21H,6,15H2,1-5H3,(H,23,25). The van der Waals surface area contributed by atoms with Crippen molar-refractivity contribution in [2.24, 2.45) is 0 Å². The zero-order valence-corrected chi connectivity index (χ0v) is 18.9. The Labute approximate surface area is 179 Å². The van der Waals surface area contributed by atoms with Crippen molar-refractivity contribution in [3.05, 3.63) is 54.1 Å². The lowest BCUT2D eigenvalue weighted by molar-refractivity contribution is -0.122. The predicted molar refractivity (Wildman–Crippen MR) is 118 cm³/mol. The first-order valence-corrected chi connectivity index (χ1v) is 11.7. The molecule has 7 nitrogen and oxygen atoms in total. The third-order valence-corrected chi connectivity index (χ3v) is 5.60. The van der Waals surface area contributed by atoms with E-state index in [1.165, 1.54) is 7.11 Å². The molecule has 0 saturated heterocycles. The van der Waals surface area contributed by atoms with Crippen molar-refractivity contribution in [1.29, 1.82) is 0 Å². The highest BCUT2D eigenvalue weighted by Crippen LogP contribution is 2.25. The van der Waals surface area contributed by atoms with E-state index in [-0.39, 0.29) is 18.6 Å². The second kappa shape index (κ2) is 10.3. The summed E-state index contributed by atoms with van der Waals surface area (Å²) in [6.07, 6.45) is 1.51. The van der Waals surface area contributed by atoms with Gasteiger partial charge in [0.15, 0.2) is 0 Å². The Balaban J connectivity index is 2.15. The van der Waals surface area contributed by atoms with Crippen LogP contribution in [0.2, 0.25) is 0 Å². The molecule has 0 spiro atoms. The summed E-state index contributed by atoms with van der Waals surface area (Å²) in [7, 11) is -2.14. The summed E-state index contributed by atoms with van der Waals surface area (Å²) in [4.78, 5) is 12.9. The van der Waals surface area contributed by atoms with Crippen molar-refractivity contribution >= 4 is 21.6 Å². The number of benzene rings is 2. The molecule has 2 aromatic carbocycles. The van der Waals surface area contributed by atoms with Gasteiger partial charge in [-0.15, -0.1) is 0 Å². The minimum absolute atomic E-state index is 0.0841. The number of nitrogens with zero attached hydrogens (tertiary/aromatic N) is 1. The molecule has 0 heterocycles. The molecule has 1 N–H and O–H groups in total. The van der Waals surface area contributed by atoms with Gasteiger partial charge in [-0.25, -0.2) is 8.42 Å². The van der Waals surface area contributed by atoms with Crippen LogP contribution in [0.25, 0.3) is 0 Å². The van der Waals surface area contributed by atoms with Crippen LogP contribution in [-0.4, -0.2) is 39.8 Å². The van der Waals surface area contributed by atoms with E-state index < -0.39 is 16.1 Å². The number of anilines is 1. The van der Waals surface area contributed by atoms with Crippen LogP contribution < -0.4 is 19.1 Å². The van der Waals surface area contributed by atoms with Crippen molar-refractivity contribution in [1.82, 2.24) is 5.32 Å². The number of carbonyl (C=O) groups is 1. The molecule has 1 unspecified atom stereocenters. The highest BCUT2D eigenvalue weighted by Gasteiger charge is 2.31. The Morgan fingerprint density at radius 2 is 1.60 bits per heavy atom. The van der Waals surface area contributed by atoms with Gasteiger partial charge in [-0.1, -0.05) is 19.1 Å². The number of methoxy groups -OCH3 is 1. The highest BCUT2D eigenvalue weighted by atomic mass is 32.2. The first kappa shape index (κ1) is 23.5. The summed E-state index contributed by atoms with van der Waals surface area (Å²) in [5.74, 6) is 1.00. The van der Waals surface area contributed by atoms with E-state index in [0.29, 0.717) is 17.9 Å². The van der Waals surface area contributed by atoms with E-state index in [1.807, 2.05) is 38.1 Å². The van der Waals surface area contributed by atoms with Crippen molar-refractivity contribution in [3.63, 3.8) is 0 Å². The van der Waals surface area contributed by atoms with Crippen molar-refractivity contribution in [2.75, 3.05) is 17.7 Å². The largest absolute Gasteiger partial charge is 0.497 e. The van der Waals surface area contributed by atoms with Crippen LogP contribution in [0.15, 0.2) is 48.5 Å². The van der Waals surface area contributed by atoms with Crippen molar-refractivity contribution in [3.8, 4) is 11.5 Å². The summed E-state index contributed by atoms with van der Waals surface area (Å²) < 4.78 is 36.9. The average molecular weight is 435 g/mol. The van der Waals surface area contributed by atoms with Crippen molar-refractivity contribution in [2.45, 2.75) is 45.9 Å². The van der Waals surface area contributed by atoms with Crippen molar-refractivity contribution < 1.29 is 22.7 Å².